The predicted octanol–water partition coefficient (Wildman–Crippen LogP) is 4.81. The maximum atomic E-state index is 11.9. The number of fused-ring (bicyclic) bond motifs is 3. The van der Waals surface area contributed by atoms with Crippen molar-refractivity contribution in [2.75, 3.05) is 6.61 Å². The Hall–Kier alpha value is -2.01. The van der Waals surface area contributed by atoms with Gasteiger partial charge in [-0.15, -0.1) is 0 Å². The van der Waals surface area contributed by atoms with Gasteiger partial charge in [-0.2, -0.15) is 0 Å². The zero-order chi connectivity index (χ0) is 17.6. The second-order valence-electron chi connectivity index (χ2n) is 5.93. The van der Waals surface area contributed by atoms with E-state index in [4.69, 9.17) is 32.7 Å². The van der Waals surface area contributed by atoms with Crippen LogP contribution in [0.2, 0.25) is 10.0 Å². The maximum absolute atomic E-state index is 11.9. The first-order valence-electron chi connectivity index (χ1n) is 7.91. The molecule has 0 aliphatic carbocycles. The van der Waals surface area contributed by atoms with Crippen molar-refractivity contribution in [3.8, 4) is 0 Å². The van der Waals surface area contributed by atoms with Gasteiger partial charge in [-0.3, -0.25) is 4.79 Å². The highest BCUT2D eigenvalue weighted by molar-refractivity contribution is 6.40. The number of aromatic amines is 1. The molecule has 128 valence electrons. The van der Waals surface area contributed by atoms with Crippen LogP contribution >= 0.6 is 23.2 Å². The molecule has 3 aromatic rings. The summed E-state index contributed by atoms with van der Waals surface area (Å²) in [6.07, 6.45) is 0.644. The minimum atomic E-state index is -1.34. The zero-order valence-corrected chi connectivity index (χ0v) is 14.9. The number of rotatable bonds is 2. The number of halogens is 2. The Morgan fingerprint density at radius 3 is 2.60 bits per heavy atom. The second kappa shape index (κ2) is 6.06. The largest absolute Gasteiger partial charge is 0.422 e. The van der Waals surface area contributed by atoms with E-state index < -0.39 is 11.8 Å². The van der Waals surface area contributed by atoms with Gasteiger partial charge in [0.2, 0.25) is 0 Å². The number of carbonyl (C=O) groups excluding carboxylic acids is 1. The number of H-pyrrole nitrogens is 1. The van der Waals surface area contributed by atoms with Crippen LogP contribution in [-0.4, -0.2) is 17.6 Å². The van der Waals surface area contributed by atoms with E-state index in [-0.39, 0.29) is 0 Å². The van der Waals surface area contributed by atoms with Gasteiger partial charge < -0.3 is 14.5 Å². The van der Waals surface area contributed by atoms with Crippen LogP contribution in [0.4, 0.5) is 0 Å². The summed E-state index contributed by atoms with van der Waals surface area (Å²) in [6.45, 7) is 1.76. The van der Waals surface area contributed by atoms with Crippen LogP contribution in [0.1, 0.15) is 23.7 Å². The molecular weight excluding hydrogens is 361 g/mol. The third-order valence-electron chi connectivity index (χ3n) is 4.38. The fraction of sp³-hybridized carbons (Fsp3) is 0.211. The molecule has 0 fully saturated rings. The number of esters is 1. The van der Waals surface area contributed by atoms with Crippen LogP contribution in [-0.2, 0) is 26.5 Å². The molecule has 25 heavy (non-hydrogen) atoms. The molecule has 1 atom stereocenters. The Morgan fingerprint density at radius 1 is 1.16 bits per heavy atom. The van der Waals surface area contributed by atoms with Crippen molar-refractivity contribution in [2.45, 2.75) is 19.1 Å². The SMILES string of the molecule is CC(=O)OC1(c2ccccc2)OCCc2c1[nH]c1c(Cl)ccc(Cl)c21. The normalized spacial score (nSPS) is 19.6. The number of hydrogen-bond acceptors (Lipinski definition) is 3. The van der Waals surface area contributed by atoms with E-state index in [1.165, 1.54) is 6.92 Å². The van der Waals surface area contributed by atoms with Gasteiger partial charge in [0.05, 0.1) is 27.9 Å². The standard InChI is InChI=1S/C19H15Cl2NO3/c1-11(23)25-19(12-5-3-2-4-6-12)18-13(9-10-24-19)16-14(20)7-8-15(21)17(16)22-18/h2-8,22H,9-10H2,1H3. The van der Waals surface area contributed by atoms with E-state index in [0.29, 0.717) is 28.8 Å². The molecule has 1 aromatic heterocycles. The van der Waals surface area contributed by atoms with Crippen LogP contribution in [0.25, 0.3) is 10.9 Å². The van der Waals surface area contributed by atoms with Gasteiger partial charge in [-0.25, -0.2) is 0 Å². The van der Waals surface area contributed by atoms with Crippen molar-refractivity contribution in [1.82, 2.24) is 4.98 Å². The summed E-state index contributed by atoms with van der Waals surface area (Å²) in [4.78, 5) is 15.2. The third-order valence-corrected chi connectivity index (χ3v) is 5.01. The predicted molar refractivity (Wildman–Crippen MR) is 97.0 cm³/mol. The lowest BCUT2D eigenvalue weighted by Crippen LogP contribution is -2.40. The molecule has 0 radical (unpaired) electrons. The Balaban J connectivity index is 2.05. The molecule has 0 saturated heterocycles. The van der Waals surface area contributed by atoms with Crippen LogP contribution < -0.4 is 0 Å². The highest BCUT2D eigenvalue weighted by atomic mass is 35.5. The highest BCUT2D eigenvalue weighted by Gasteiger charge is 2.45. The lowest BCUT2D eigenvalue weighted by Gasteiger charge is -2.36. The lowest BCUT2D eigenvalue weighted by atomic mass is 9.94. The molecule has 1 N–H and O–H groups in total. The number of carbonyl (C=O) groups is 1. The fourth-order valence-electron chi connectivity index (χ4n) is 3.42. The summed E-state index contributed by atoms with van der Waals surface area (Å²) in [5.41, 5.74) is 3.06. The first-order valence-corrected chi connectivity index (χ1v) is 8.66. The molecule has 1 aliphatic heterocycles. The Kier molecular flexibility index (Phi) is 3.99. The average molecular weight is 376 g/mol. The minimum Gasteiger partial charge on any atom is -0.422 e. The first-order chi connectivity index (χ1) is 12.0. The molecule has 4 nitrogen and oxygen atoms in total. The molecule has 0 bridgehead atoms. The van der Waals surface area contributed by atoms with Crippen molar-refractivity contribution in [3.05, 3.63) is 69.3 Å². The highest BCUT2D eigenvalue weighted by Crippen LogP contribution is 2.45. The van der Waals surface area contributed by atoms with Crippen LogP contribution in [0.5, 0.6) is 0 Å². The summed E-state index contributed by atoms with van der Waals surface area (Å²) >= 11 is 12.8. The molecule has 6 heteroatoms. The number of nitrogens with one attached hydrogen (secondary N) is 1. The molecule has 1 aliphatic rings. The van der Waals surface area contributed by atoms with Gasteiger partial charge in [0, 0.05) is 17.9 Å². The quantitative estimate of drug-likeness (QED) is 0.653. The van der Waals surface area contributed by atoms with E-state index >= 15 is 0 Å². The lowest BCUT2D eigenvalue weighted by molar-refractivity contribution is -0.222. The van der Waals surface area contributed by atoms with Gasteiger partial charge in [0.1, 0.15) is 0 Å². The van der Waals surface area contributed by atoms with E-state index in [2.05, 4.69) is 4.98 Å². The summed E-state index contributed by atoms with van der Waals surface area (Å²) in [6, 6.07) is 12.9. The Morgan fingerprint density at radius 2 is 1.88 bits per heavy atom. The Labute approximate surface area is 154 Å². The molecule has 0 spiro atoms. The molecule has 0 saturated carbocycles. The van der Waals surface area contributed by atoms with E-state index in [1.807, 2.05) is 30.3 Å². The number of benzene rings is 2. The van der Waals surface area contributed by atoms with Gasteiger partial charge in [-0.05, 0) is 24.1 Å². The van der Waals surface area contributed by atoms with E-state index in [1.54, 1.807) is 12.1 Å². The van der Waals surface area contributed by atoms with Crippen molar-refractivity contribution < 1.29 is 14.3 Å². The Bertz CT molecular complexity index is 968. The van der Waals surface area contributed by atoms with Crippen LogP contribution in [0, 0.1) is 0 Å². The van der Waals surface area contributed by atoms with Crippen molar-refractivity contribution in [1.29, 1.82) is 0 Å². The smallest absolute Gasteiger partial charge is 0.305 e. The minimum absolute atomic E-state index is 0.394. The van der Waals surface area contributed by atoms with Gasteiger partial charge in [-0.1, -0.05) is 53.5 Å². The third kappa shape index (κ3) is 2.53. The van der Waals surface area contributed by atoms with E-state index in [0.717, 1.165) is 22.0 Å². The molecular formula is C19H15Cl2NO3. The number of aromatic nitrogens is 1. The van der Waals surface area contributed by atoms with Crippen molar-refractivity contribution >= 4 is 40.1 Å². The molecule has 4 rings (SSSR count). The van der Waals surface area contributed by atoms with Crippen molar-refractivity contribution in [3.63, 3.8) is 0 Å². The van der Waals surface area contributed by atoms with Gasteiger partial charge in [0.25, 0.3) is 5.79 Å². The topological polar surface area (TPSA) is 51.3 Å². The van der Waals surface area contributed by atoms with Crippen LogP contribution in [0.15, 0.2) is 42.5 Å². The second-order valence-corrected chi connectivity index (χ2v) is 6.75. The summed E-state index contributed by atoms with van der Waals surface area (Å²) < 4.78 is 11.8. The van der Waals surface area contributed by atoms with Gasteiger partial charge in [0.15, 0.2) is 0 Å². The monoisotopic (exact) mass is 375 g/mol. The summed E-state index contributed by atoms with van der Waals surface area (Å²) in [7, 11) is 0. The van der Waals surface area contributed by atoms with Gasteiger partial charge >= 0.3 is 5.97 Å². The first kappa shape index (κ1) is 16.5. The van der Waals surface area contributed by atoms with Crippen molar-refractivity contribution in [2.24, 2.45) is 0 Å². The fourth-order valence-corrected chi connectivity index (χ4v) is 3.90. The van der Waals surface area contributed by atoms with Crippen LogP contribution in [0.3, 0.4) is 0 Å². The number of hydrogen-bond donors (Lipinski definition) is 1. The maximum Gasteiger partial charge on any atom is 0.305 e. The summed E-state index contributed by atoms with van der Waals surface area (Å²) in [5.74, 6) is -1.78. The molecule has 1 unspecified atom stereocenters. The molecule has 2 heterocycles. The molecule has 0 amide bonds. The average Bonchev–Trinajstić information content (AvgIpc) is 3.01. The zero-order valence-electron chi connectivity index (χ0n) is 13.4. The summed E-state index contributed by atoms with van der Waals surface area (Å²) in [5, 5.41) is 2.00. The van der Waals surface area contributed by atoms with E-state index in [9.17, 15) is 4.79 Å². The molecule has 2 aromatic carbocycles. The number of ether oxygens (including phenoxy) is 2.